The lowest BCUT2D eigenvalue weighted by Crippen LogP contribution is -2.45. The Bertz CT molecular complexity index is 438. The van der Waals surface area contributed by atoms with Crippen LogP contribution in [-0.2, 0) is 0 Å². The Kier molecular flexibility index (Phi) is 11.3. The Morgan fingerprint density at radius 2 is 1.86 bits per heavy atom. The standard InChI is InChI=1S/C15H20Br2N2.2ClH/c1-2-3-4-15(19-9-7-18-8-10-19)12-5-6-13(16)14(17)11-12;;/h2,5-6,11,15,18H,1,3-4,7-10H2;2*1H/t15-;;/m0../s1. The van der Waals surface area contributed by atoms with Crippen molar-refractivity contribution in [3.05, 3.63) is 45.4 Å². The predicted molar refractivity (Wildman–Crippen MR) is 103 cm³/mol. The Balaban J connectivity index is 0.00000200. The Hall–Kier alpha value is 0.420. The molecule has 1 fully saturated rings. The van der Waals surface area contributed by atoms with Crippen molar-refractivity contribution in [2.24, 2.45) is 0 Å². The summed E-state index contributed by atoms with van der Waals surface area (Å²) in [6.45, 7) is 8.27. The van der Waals surface area contributed by atoms with Crippen LogP contribution in [0.3, 0.4) is 0 Å². The second-order valence-corrected chi connectivity index (χ2v) is 6.55. The van der Waals surface area contributed by atoms with E-state index in [1.807, 2.05) is 6.08 Å². The van der Waals surface area contributed by atoms with Crippen LogP contribution in [0.25, 0.3) is 0 Å². The number of piperazine rings is 1. The minimum absolute atomic E-state index is 0. The normalized spacial score (nSPS) is 16.5. The fourth-order valence-corrected chi connectivity index (χ4v) is 3.19. The van der Waals surface area contributed by atoms with Gasteiger partial charge in [0.15, 0.2) is 0 Å². The molecular formula is C15H22Br2Cl2N2. The molecule has 2 nitrogen and oxygen atoms in total. The van der Waals surface area contributed by atoms with E-state index in [1.165, 1.54) is 5.56 Å². The molecule has 2 rings (SSSR count). The highest BCUT2D eigenvalue weighted by atomic mass is 79.9. The zero-order valence-electron chi connectivity index (χ0n) is 11.9. The fourth-order valence-electron chi connectivity index (χ4n) is 2.55. The zero-order valence-corrected chi connectivity index (χ0v) is 16.7. The summed E-state index contributed by atoms with van der Waals surface area (Å²) in [5, 5.41) is 3.42. The van der Waals surface area contributed by atoms with E-state index in [9.17, 15) is 0 Å². The predicted octanol–water partition coefficient (Wildman–Crippen LogP) is 4.97. The highest BCUT2D eigenvalue weighted by Gasteiger charge is 2.21. The molecule has 0 bridgehead atoms. The summed E-state index contributed by atoms with van der Waals surface area (Å²) in [5.41, 5.74) is 1.39. The lowest BCUT2D eigenvalue weighted by molar-refractivity contribution is 0.166. The molecule has 120 valence electrons. The number of hydrogen-bond donors (Lipinski definition) is 1. The third-order valence-electron chi connectivity index (χ3n) is 3.57. The van der Waals surface area contributed by atoms with Gasteiger partial charge in [0.2, 0.25) is 0 Å². The molecule has 1 aromatic rings. The van der Waals surface area contributed by atoms with E-state index >= 15 is 0 Å². The molecule has 1 heterocycles. The molecule has 1 aromatic carbocycles. The maximum Gasteiger partial charge on any atom is 0.0352 e. The van der Waals surface area contributed by atoms with Gasteiger partial charge in [0.25, 0.3) is 0 Å². The summed E-state index contributed by atoms with van der Waals surface area (Å²) in [7, 11) is 0. The van der Waals surface area contributed by atoms with Gasteiger partial charge in [-0.05, 0) is 62.4 Å². The van der Waals surface area contributed by atoms with E-state index in [1.54, 1.807) is 0 Å². The molecule has 21 heavy (non-hydrogen) atoms. The van der Waals surface area contributed by atoms with Crippen LogP contribution in [0.5, 0.6) is 0 Å². The van der Waals surface area contributed by atoms with Crippen molar-refractivity contribution in [2.75, 3.05) is 26.2 Å². The van der Waals surface area contributed by atoms with Gasteiger partial charge in [0.1, 0.15) is 0 Å². The first-order chi connectivity index (χ1) is 9.22. The number of rotatable bonds is 5. The van der Waals surface area contributed by atoms with Gasteiger partial charge in [-0.2, -0.15) is 0 Å². The molecule has 1 N–H and O–H groups in total. The van der Waals surface area contributed by atoms with E-state index in [0.717, 1.165) is 48.0 Å². The van der Waals surface area contributed by atoms with E-state index in [2.05, 4.69) is 66.9 Å². The van der Waals surface area contributed by atoms with E-state index in [4.69, 9.17) is 0 Å². The SMILES string of the molecule is C=CCC[C@@H](c1ccc(Br)c(Br)c1)N1CCNCC1.Cl.Cl. The van der Waals surface area contributed by atoms with Crippen LogP contribution in [0, 0.1) is 0 Å². The minimum Gasteiger partial charge on any atom is -0.314 e. The molecular weight excluding hydrogens is 439 g/mol. The first-order valence-corrected chi connectivity index (χ1v) is 8.31. The largest absolute Gasteiger partial charge is 0.314 e. The van der Waals surface area contributed by atoms with Gasteiger partial charge in [-0.25, -0.2) is 0 Å². The number of nitrogens with zero attached hydrogens (tertiary/aromatic N) is 1. The van der Waals surface area contributed by atoms with Gasteiger partial charge in [-0.15, -0.1) is 31.4 Å². The summed E-state index contributed by atoms with van der Waals surface area (Å²) >= 11 is 7.15. The van der Waals surface area contributed by atoms with Gasteiger partial charge >= 0.3 is 0 Å². The lowest BCUT2D eigenvalue weighted by Gasteiger charge is -2.35. The molecule has 0 saturated carbocycles. The van der Waals surface area contributed by atoms with Crippen LogP contribution in [0.2, 0.25) is 0 Å². The summed E-state index contributed by atoms with van der Waals surface area (Å²) in [5.74, 6) is 0. The summed E-state index contributed by atoms with van der Waals surface area (Å²) in [4.78, 5) is 2.58. The topological polar surface area (TPSA) is 15.3 Å². The molecule has 1 saturated heterocycles. The summed E-state index contributed by atoms with van der Waals surface area (Å²) in [6.07, 6.45) is 4.21. The van der Waals surface area contributed by atoms with Gasteiger partial charge in [-0.1, -0.05) is 12.1 Å². The molecule has 1 atom stereocenters. The van der Waals surface area contributed by atoms with E-state index < -0.39 is 0 Å². The Morgan fingerprint density at radius 1 is 1.19 bits per heavy atom. The summed E-state index contributed by atoms with van der Waals surface area (Å²) < 4.78 is 2.24. The second kappa shape index (κ2) is 11.0. The van der Waals surface area contributed by atoms with Crippen LogP contribution in [0.15, 0.2) is 39.8 Å². The van der Waals surface area contributed by atoms with E-state index in [0.29, 0.717) is 6.04 Å². The van der Waals surface area contributed by atoms with Crippen molar-refractivity contribution in [1.82, 2.24) is 10.2 Å². The summed E-state index contributed by atoms with van der Waals surface area (Å²) in [6, 6.07) is 7.08. The van der Waals surface area contributed by atoms with Crippen molar-refractivity contribution in [2.45, 2.75) is 18.9 Å². The second-order valence-electron chi connectivity index (χ2n) is 4.84. The van der Waals surface area contributed by atoms with Gasteiger partial charge < -0.3 is 5.32 Å². The third-order valence-corrected chi connectivity index (χ3v) is 5.44. The smallest absolute Gasteiger partial charge is 0.0352 e. The molecule has 1 aliphatic rings. The third kappa shape index (κ3) is 6.20. The molecule has 6 heteroatoms. The number of nitrogens with one attached hydrogen (secondary N) is 1. The van der Waals surface area contributed by atoms with Crippen LogP contribution < -0.4 is 5.32 Å². The molecule has 0 unspecified atom stereocenters. The first kappa shape index (κ1) is 21.4. The van der Waals surface area contributed by atoms with Gasteiger partial charge in [0.05, 0.1) is 0 Å². The monoisotopic (exact) mass is 458 g/mol. The quantitative estimate of drug-likeness (QED) is 0.624. The first-order valence-electron chi connectivity index (χ1n) is 6.73. The minimum atomic E-state index is 0. The average Bonchev–Trinajstić information content (AvgIpc) is 2.44. The van der Waals surface area contributed by atoms with E-state index in [-0.39, 0.29) is 24.8 Å². The maximum atomic E-state index is 3.86. The van der Waals surface area contributed by atoms with Crippen LogP contribution in [0.4, 0.5) is 0 Å². The highest BCUT2D eigenvalue weighted by Crippen LogP contribution is 2.31. The molecule has 0 radical (unpaired) electrons. The highest BCUT2D eigenvalue weighted by molar-refractivity contribution is 9.13. The fraction of sp³-hybridized carbons (Fsp3) is 0.467. The van der Waals surface area contributed by atoms with Crippen molar-refractivity contribution >= 4 is 56.7 Å². The van der Waals surface area contributed by atoms with Crippen molar-refractivity contribution in [3.8, 4) is 0 Å². The van der Waals surface area contributed by atoms with Crippen molar-refractivity contribution in [3.63, 3.8) is 0 Å². The molecule has 0 aromatic heterocycles. The van der Waals surface area contributed by atoms with Gasteiger partial charge in [0, 0.05) is 41.2 Å². The number of hydrogen-bond acceptors (Lipinski definition) is 2. The maximum absolute atomic E-state index is 3.86. The van der Waals surface area contributed by atoms with Crippen LogP contribution >= 0.6 is 56.7 Å². The van der Waals surface area contributed by atoms with Crippen LogP contribution in [-0.4, -0.2) is 31.1 Å². The van der Waals surface area contributed by atoms with Gasteiger partial charge in [-0.3, -0.25) is 4.90 Å². The van der Waals surface area contributed by atoms with Crippen molar-refractivity contribution < 1.29 is 0 Å². The molecule has 0 aliphatic carbocycles. The number of halogens is 4. The number of allylic oxidation sites excluding steroid dienone is 1. The van der Waals surface area contributed by atoms with Crippen LogP contribution in [0.1, 0.15) is 24.4 Å². The lowest BCUT2D eigenvalue weighted by atomic mass is 9.99. The Labute approximate surface area is 156 Å². The molecule has 0 spiro atoms. The Morgan fingerprint density at radius 3 is 2.43 bits per heavy atom. The average molecular weight is 461 g/mol. The van der Waals surface area contributed by atoms with Crippen molar-refractivity contribution in [1.29, 1.82) is 0 Å². The number of benzene rings is 1. The molecule has 1 aliphatic heterocycles. The molecule has 0 amide bonds. The zero-order chi connectivity index (χ0) is 13.7.